The number of carbonyl (C=O) groups is 1. The number of carbonyl (C=O) groups excluding carboxylic acids is 1. The number of hydrogen-bond donors (Lipinski definition) is 1. The Balaban J connectivity index is 1.63. The van der Waals surface area contributed by atoms with Crippen LogP contribution in [0.5, 0.6) is 0 Å². The summed E-state index contributed by atoms with van der Waals surface area (Å²) in [5.74, 6) is 2.93. The molecule has 1 amide bonds. The third kappa shape index (κ3) is 3.88. The van der Waals surface area contributed by atoms with E-state index in [1.165, 1.54) is 32.1 Å². The van der Waals surface area contributed by atoms with E-state index in [1.54, 1.807) is 11.8 Å². The summed E-state index contributed by atoms with van der Waals surface area (Å²) in [4.78, 5) is 14.0. The van der Waals surface area contributed by atoms with Crippen molar-refractivity contribution >= 4 is 17.7 Å². The molecule has 3 nitrogen and oxygen atoms in total. The second-order valence-corrected chi connectivity index (χ2v) is 6.37. The summed E-state index contributed by atoms with van der Waals surface area (Å²) in [6.45, 7) is 2.28. The van der Waals surface area contributed by atoms with Crippen molar-refractivity contribution in [2.45, 2.75) is 38.1 Å². The molecule has 0 aromatic carbocycles. The molecule has 1 aliphatic heterocycles. The molecule has 4 heteroatoms. The van der Waals surface area contributed by atoms with Gasteiger partial charge in [-0.2, -0.15) is 11.8 Å². The van der Waals surface area contributed by atoms with Gasteiger partial charge in [-0.05, 0) is 37.6 Å². The van der Waals surface area contributed by atoms with Crippen LogP contribution < -0.4 is 5.32 Å². The van der Waals surface area contributed by atoms with Gasteiger partial charge in [-0.1, -0.05) is 19.3 Å². The molecule has 0 radical (unpaired) electrons. The van der Waals surface area contributed by atoms with E-state index in [0.29, 0.717) is 17.7 Å². The predicted molar refractivity (Wildman–Crippen MR) is 73.3 cm³/mol. The Kier molecular flexibility index (Phi) is 5.16. The fourth-order valence-electron chi connectivity index (χ4n) is 2.55. The molecule has 0 aromatic heterocycles. The van der Waals surface area contributed by atoms with Crippen molar-refractivity contribution in [3.63, 3.8) is 0 Å². The maximum absolute atomic E-state index is 12.0. The summed E-state index contributed by atoms with van der Waals surface area (Å²) in [5.41, 5.74) is 0. The van der Waals surface area contributed by atoms with Gasteiger partial charge >= 0.3 is 0 Å². The summed E-state index contributed by atoms with van der Waals surface area (Å²) in [6, 6.07) is 0.516. The molecule has 1 aliphatic carbocycles. The van der Waals surface area contributed by atoms with Crippen LogP contribution in [-0.2, 0) is 4.79 Å². The highest BCUT2D eigenvalue weighted by molar-refractivity contribution is 7.99. The molecule has 2 fully saturated rings. The predicted octanol–water partition coefficient (Wildman–Crippen LogP) is 1.73. The Morgan fingerprint density at radius 2 is 2.00 bits per heavy atom. The Labute approximate surface area is 109 Å². The van der Waals surface area contributed by atoms with Crippen LogP contribution in [0.3, 0.4) is 0 Å². The van der Waals surface area contributed by atoms with Gasteiger partial charge in [0, 0.05) is 13.1 Å². The molecule has 2 aliphatic rings. The van der Waals surface area contributed by atoms with Crippen LogP contribution in [0.2, 0.25) is 0 Å². The highest BCUT2D eigenvalue weighted by Crippen LogP contribution is 2.22. The topological polar surface area (TPSA) is 32.3 Å². The van der Waals surface area contributed by atoms with Crippen molar-refractivity contribution < 1.29 is 4.79 Å². The molecular weight excluding hydrogens is 232 g/mol. The number of amides is 1. The largest absolute Gasteiger partial charge is 0.342 e. The third-order valence-electron chi connectivity index (χ3n) is 3.96. The molecule has 1 N–H and O–H groups in total. The molecule has 2 rings (SSSR count). The van der Waals surface area contributed by atoms with E-state index in [1.807, 2.05) is 11.9 Å². The SMILES string of the molecule is CN(C(=O)CSCC1CNC1)C1CCCCC1. The average molecular weight is 256 g/mol. The van der Waals surface area contributed by atoms with Crippen LogP contribution in [0.1, 0.15) is 32.1 Å². The van der Waals surface area contributed by atoms with E-state index in [0.717, 1.165) is 24.8 Å². The second kappa shape index (κ2) is 6.64. The molecule has 0 atom stereocenters. The lowest BCUT2D eigenvalue weighted by atomic mass is 9.94. The summed E-state index contributed by atoms with van der Waals surface area (Å²) < 4.78 is 0. The van der Waals surface area contributed by atoms with Gasteiger partial charge in [0.15, 0.2) is 0 Å². The first-order chi connectivity index (χ1) is 8.27. The van der Waals surface area contributed by atoms with Crippen molar-refractivity contribution in [2.75, 3.05) is 31.6 Å². The lowest BCUT2D eigenvalue weighted by Gasteiger charge is -2.31. The number of nitrogens with zero attached hydrogens (tertiary/aromatic N) is 1. The fraction of sp³-hybridized carbons (Fsp3) is 0.923. The van der Waals surface area contributed by atoms with Crippen LogP contribution in [0.4, 0.5) is 0 Å². The molecule has 0 unspecified atom stereocenters. The van der Waals surface area contributed by atoms with Crippen molar-refractivity contribution in [3.8, 4) is 0 Å². The molecule has 1 saturated heterocycles. The van der Waals surface area contributed by atoms with E-state index in [2.05, 4.69) is 5.32 Å². The summed E-state index contributed by atoms with van der Waals surface area (Å²) >= 11 is 1.81. The van der Waals surface area contributed by atoms with Gasteiger partial charge in [0.2, 0.25) is 5.91 Å². The zero-order valence-corrected chi connectivity index (χ0v) is 11.6. The zero-order chi connectivity index (χ0) is 12.1. The number of rotatable bonds is 5. The molecule has 0 bridgehead atoms. The first-order valence-electron chi connectivity index (χ1n) is 6.81. The Morgan fingerprint density at radius 3 is 2.59 bits per heavy atom. The zero-order valence-electron chi connectivity index (χ0n) is 10.8. The third-order valence-corrected chi connectivity index (χ3v) is 5.12. The number of thioether (sulfide) groups is 1. The second-order valence-electron chi connectivity index (χ2n) is 5.34. The summed E-state index contributed by atoms with van der Waals surface area (Å²) in [7, 11) is 1.99. The van der Waals surface area contributed by atoms with Crippen LogP contribution in [-0.4, -0.2) is 48.5 Å². The minimum absolute atomic E-state index is 0.328. The highest BCUT2D eigenvalue weighted by atomic mass is 32.2. The van der Waals surface area contributed by atoms with Crippen molar-refractivity contribution in [1.29, 1.82) is 0 Å². The molecule has 1 heterocycles. The quantitative estimate of drug-likeness (QED) is 0.813. The van der Waals surface area contributed by atoms with Crippen LogP contribution in [0, 0.1) is 5.92 Å². The van der Waals surface area contributed by atoms with Crippen molar-refractivity contribution in [1.82, 2.24) is 10.2 Å². The number of nitrogens with one attached hydrogen (secondary N) is 1. The van der Waals surface area contributed by atoms with Gasteiger partial charge in [0.05, 0.1) is 5.75 Å². The minimum Gasteiger partial charge on any atom is -0.342 e. The monoisotopic (exact) mass is 256 g/mol. The van der Waals surface area contributed by atoms with E-state index in [-0.39, 0.29) is 0 Å². The molecule has 1 saturated carbocycles. The molecule has 17 heavy (non-hydrogen) atoms. The van der Waals surface area contributed by atoms with E-state index in [9.17, 15) is 4.79 Å². The highest BCUT2D eigenvalue weighted by Gasteiger charge is 2.22. The Bertz CT molecular complexity index is 250. The summed E-state index contributed by atoms with van der Waals surface area (Å²) in [5, 5.41) is 3.27. The lowest BCUT2D eigenvalue weighted by molar-refractivity contribution is -0.129. The minimum atomic E-state index is 0.328. The average Bonchev–Trinajstić information content (AvgIpc) is 2.32. The fourth-order valence-corrected chi connectivity index (χ4v) is 3.62. The van der Waals surface area contributed by atoms with Crippen LogP contribution in [0.25, 0.3) is 0 Å². The van der Waals surface area contributed by atoms with Gasteiger partial charge in [-0.15, -0.1) is 0 Å². The summed E-state index contributed by atoms with van der Waals surface area (Å²) in [6.07, 6.45) is 6.35. The molecular formula is C13H24N2OS. The smallest absolute Gasteiger partial charge is 0.232 e. The maximum Gasteiger partial charge on any atom is 0.232 e. The van der Waals surface area contributed by atoms with Crippen molar-refractivity contribution in [3.05, 3.63) is 0 Å². The van der Waals surface area contributed by atoms with Crippen LogP contribution >= 0.6 is 11.8 Å². The van der Waals surface area contributed by atoms with Gasteiger partial charge in [-0.3, -0.25) is 4.79 Å². The normalized spacial score (nSPS) is 22.2. The number of hydrogen-bond acceptors (Lipinski definition) is 3. The van der Waals surface area contributed by atoms with Gasteiger partial charge in [0.1, 0.15) is 0 Å². The molecule has 0 aromatic rings. The van der Waals surface area contributed by atoms with Gasteiger partial charge < -0.3 is 10.2 Å². The van der Waals surface area contributed by atoms with E-state index in [4.69, 9.17) is 0 Å². The molecule has 98 valence electrons. The maximum atomic E-state index is 12.0. The van der Waals surface area contributed by atoms with Gasteiger partial charge in [0.25, 0.3) is 0 Å². The Morgan fingerprint density at radius 1 is 1.29 bits per heavy atom. The van der Waals surface area contributed by atoms with Crippen LogP contribution in [0.15, 0.2) is 0 Å². The van der Waals surface area contributed by atoms with E-state index >= 15 is 0 Å². The van der Waals surface area contributed by atoms with E-state index < -0.39 is 0 Å². The lowest BCUT2D eigenvalue weighted by Crippen LogP contribution is -2.43. The van der Waals surface area contributed by atoms with Crippen molar-refractivity contribution in [2.24, 2.45) is 5.92 Å². The van der Waals surface area contributed by atoms with Gasteiger partial charge in [-0.25, -0.2) is 0 Å². The first-order valence-corrected chi connectivity index (χ1v) is 7.97. The first kappa shape index (κ1) is 13.2. The molecule has 0 spiro atoms. The standard InChI is InChI=1S/C13H24N2OS/c1-15(12-5-3-2-4-6-12)13(16)10-17-9-11-7-14-8-11/h11-12,14H,2-10H2,1H3. The Hall–Kier alpha value is -0.220.